The molecule has 0 unspecified atom stereocenters. The third kappa shape index (κ3) is 5.09. The molecule has 0 aliphatic heterocycles. The van der Waals surface area contributed by atoms with Crippen molar-refractivity contribution in [3.63, 3.8) is 0 Å². The second kappa shape index (κ2) is 8.71. The highest BCUT2D eigenvalue weighted by Crippen LogP contribution is 2.23. The van der Waals surface area contributed by atoms with Crippen LogP contribution in [-0.2, 0) is 9.59 Å². The molecule has 5 nitrogen and oxygen atoms in total. The number of aryl methyl sites for hydroxylation is 1. The summed E-state index contributed by atoms with van der Waals surface area (Å²) in [4.78, 5) is 27.5. The SMILES string of the molecule is CCN(CC)c1ccc(NC(=O)C(C)(C)C(=O)Nc2cccc(C)c2)cc1. The minimum absolute atomic E-state index is 0.342. The predicted molar refractivity (Wildman–Crippen MR) is 112 cm³/mol. The molecule has 0 heterocycles. The van der Waals surface area contributed by atoms with Crippen molar-refractivity contribution in [1.82, 2.24) is 0 Å². The van der Waals surface area contributed by atoms with Crippen LogP contribution in [0.4, 0.5) is 17.1 Å². The normalized spacial score (nSPS) is 11.0. The maximum Gasteiger partial charge on any atom is 0.239 e. The standard InChI is InChI=1S/C22H29N3O2/c1-6-25(7-2)19-13-11-17(12-14-19)23-20(26)22(4,5)21(27)24-18-10-8-9-16(3)15-18/h8-15H,6-7H2,1-5H3,(H,23,26)(H,24,27). The first-order valence-electron chi connectivity index (χ1n) is 9.32. The van der Waals surface area contributed by atoms with Gasteiger partial charge < -0.3 is 15.5 Å². The average Bonchev–Trinajstić information content (AvgIpc) is 2.64. The van der Waals surface area contributed by atoms with E-state index in [1.165, 1.54) is 0 Å². The molecule has 0 saturated heterocycles. The van der Waals surface area contributed by atoms with Gasteiger partial charge in [-0.2, -0.15) is 0 Å². The lowest BCUT2D eigenvalue weighted by atomic mass is 9.90. The van der Waals surface area contributed by atoms with Gasteiger partial charge in [-0.05, 0) is 76.6 Å². The summed E-state index contributed by atoms with van der Waals surface area (Å²) in [5, 5.41) is 5.67. The molecule has 0 radical (unpaired) electrons. The predicted octanol–water partition coefficient (Wildman–Crippen LogP) is 4.44. The summed E-state index contributed by atoms with van der Waals surface area (Å²) in [7, 11) is 0. The Morgan fingerprint density at radius 3 is 1.96 bits per heavy atom. The van der Waals surface area contributed by atoms with Crippen LogP contribution in [0.15, 0.2) is 48.5 Å². The molecule has 144 valence electrons. The number of nitrogens with one attached hydrogen (secondary N) is 2. The van der Waals surface area contributed by atoms with Crippen LogP contribution in [0.1, 0.15) is 33.3 Å². The van der Waals surface area contributed by atoms with E-state index in [4.69, 9.17) is 0 Å². The number of rotatable bonds is 7. The van der Waals surface area contributed by atoms with E-state index in [0.29, 0.717) is 11.4 Å². The molecule has 0 aromatic heterocycles. The number of amides is 2. The molecule has 0 aliphatic carbocycles. The molecule has 0 fully saturated rings. The maximum absolute atomic E-state index is 12.7. The summed E-state index contributed by atoms with van der Waals surface area (Å²) >= 11 is 0. The van der Waals surface area contributed by atoms with E-state index in [1.54, 1.807) is 13.8 Å². The van der Waals surface area contributed by atoms with Crippen LogP contribution in [0.25, 0.3) is 0 Å². The third-order valence-corrected chi connectivity index (χ3v) is 4.67. The van der Waals surface area contributed by atoms with Crippen molar-refractivity contribution in [3.05, 3.63) is 54.1 Å². The molecular weight excluding hydrogens is 338 g/mol. The first kappa shape index (κ1) is 20.5. The first-order chi connectivity index (χ1) is 12.8. The second-order valence-corrected chi connectivity index (χ2v) is 7.12. The van der Waals surface area contributed by atoms with E-state index in [0.717, 1.165) is 24.3 Å². The number of benzene rings is 2. The van der Waals surface area contributed by atoms with Gasteiger partial charge >= 0.3 is 0 Å². The van der Waals surface area contributed by atoms with Gasteiger partial charge in [0.2, 0.25) is 11.8 Å². The van der Waals surface area contributed by atoms with Gasteiger partial charge in [-0.1, -0.05) is 12.1 Å². The molecule has 2 amide bonds. The van der Waals surface area contributed by atoms with E-state index in [1.807, 2.05) is 55.5 Å². The number of hydrogen-bond donors (Lipinski definition) is 2. The molecule has 0 aliphatic rings. The molecule has 5 heteroatoms. The Morgan fingerprint density at radius 2 is 1.44 bits per heavy atom. The molecular formula is C22H29N3O2. The van der Waals surface area contributed by atoms with E-state index >= 15 is 0 Å². The van der Waals surface area contributed by atoms with Crippen molar-refractivity contribution in [3.8, 4) is 0 Å². The number of anilines is 3. The van der Waals surface area contributed by atoms with Crippen LogP contribution in [0.2, 0.25) is 0 Å². The summed E-state index contributed by atoms with van der Waals surface area (Å²) in [5.74, 6) is -0.686. The van der Waals surface area contributed by atoms with Crippen LogP contribution in [0.5, 0.6) is 0 Å². The molecule has 0 spiro atoms. The van der Waals surface area contributed by atoms with Crippen molar-refractivity contribution in [2.75, 3.05) is 28.6 Å². The Balaban J connectivity index is 2.05. The zero-order valence-electron chi connectivity index (χ0n) is 16.8. The zero-order chi connectivity index (χ0) is 20.0. The van der Waals surface area contributed by atoms with Crippen LogP contribution in [-0.4, -0.2) is 24.9 Å². The molecule has 0 atom stereocenters. The third-order valence-electron chi connectivity index (χ3n) is 4.67. The van der Waals surface area contributed by atoms with Crippen LogP contribution in [0, 0.1) is 12.3 Å². The summed E-state index contributed by atoms with van der Waals surface area (Å²) in [6, 6.07) is 15.2. The molecule has 27 heavy (non-hydrogen) atoms. The summed E-state index contributed by atoms with van der Waals surface area (Å²) in [6.07, 6.45) is 0. The summed E-state index contributed by atoms with van der Waals surface area (Å²) < 4.78 is 0. The van der Waals surface area contributed by atoms with Gasteiger partial charge in [0.05, 0.1) is 0 Å². The van der Waals surface area contributed by atoms with E-state index in [2.05, 4.69) is 29.4 Å². The minimum atomic E-state index is -1.21. The Bertz CT molecular complexity index is 793. The van der Waals surface area contributed by atoms with Gasteiger partial charge in [0.15, 0.2) is 0 Å². The number of carbonyl (C=O) groups is 2. The zero-order valence-corrected chi connectivity index (χ0v) is 16.8. The quantitative estimate of drug-likeness (QED) is 0.711. The van der Waals surface area contributed by atoms with Crippen LogP contribution < -0.4 is 15.5 Å². The molecule has 2 N–H and O–H groups in total. The van der Waals surface area contributed by atoms with Crippen molar-refractivity contribution in [1.29, 1.82) is 0 Å². The Kier molecular flexibility index (Phi) is 6.61. The van der Waals surface area contributed by atoms with Crippen molar-refractivity contribution in [2.24, 2.45) is 5.41 Å². The highest BCUT2D eigenvalue weighted by molar-refractivity contribution is 6.14. The lowest BCUT2D eigenvalue weighted by molar-refractivity contribution is -0.135. The molecule has 0 saturated carbocycles. The fourth-order valence-electron chi connectivity index (χ4n) is 2.74. The largest absolute Gasteiger partial charge is 0.372 e. The highest BCUT2D eigenvalue weighted by Gasteiger charge is 2.36. The van der Waals surface area contributed by atoms with Crippen LogP contribution >= 0.6 is 0 Å². The van der Waals surface area contributed by atoms with Crippen LogP contribution in [0.3, 0.4) is 0 Å². The number of nitrogens with zero attached hydrogens (tertiary/aromatic N) is 1. The number of hydrogen-bond acceptors (Lipinski definition) is 3. The van der Waals surface area contributed by atoms with E-state index in [-0.39, 0.29) is 11.8 Å². The second-order valence-electron chi connectivity index (χ2n) is 7.12. The monoisotopic (exact) mass is 367 g/mol. The van der Waals surface area contributed by atoms with Gasteiger partial charge in [-0.3, -0.25) is 9.59 Å². The average molecular weight is 367 g/mol. The Morgan fingerprint density at radius 1 is 0.889 bits per heavy atom. The van der Waals surface area contributed by atoms with Gasteiger partial charge in [0, 0.05) is 30.2 Å². The summed E-state index contributed by atoms with van der Waals surface area (Å²) in [6.45, 7) is 11.3. The van der Waals surface area contributed by atoms with Gasteiger partial charge in [-0.25, -0.2) is 0 Å². The van der Waals surface area contributed by atoms with Gasteiger partial charge in [0.1, 0.15) is 5.41 Å². The molecule has 2 aromatic rings. The Labute approximate surface area is 161 Å². The number of carbonyl (C=O) groups excluding carboxylic acids is 2. The lowest BCUT2D eigenvalue weighted by Crippen LogP contribution is -2.41. The first-order valence-corrected chi connectivity index (χ1v) is 9.32. The molecule has 2 aromatic carbocycles. The van der Waals surface area contributed by atoms with Crippen molar-refractivity contribution in [2.45, 2.75) is 34.6 Å². The van der Waals surface area contributed by atoms with Crippen molar-refractivity contribution >= 4 is 28.9 Å². The molecule has 2 rings (SSSR count). The minimum Gasteiger partial charge on any atom is -0.372 e. The van der Waals surface area contributed by atoms with E-state index in [9.17, 15) is 9.59 Å². The Hall–Kier alpha value is -2.82. The van der Waals surface area contributed by atoms with Gasteiger partial charge in [0.25, 0.3) is 0 Å². The fraction of sp³-hybridized carbons (Fsp3) is 0.364. The summed E-state index contributed by atoms with van der Waals surface area (Å²) in [5.41, 5.74) is 2.30. The van der Waals surface area contributed by atoms with Gasteiger partial charge in [-0.15, -0.1) is 0 Å². The highest BCUT2D eigenvalue weighted by atomic mass is 16.2. The smallest absolute Gasteiger partial charge is 0.239 e. The van der Waals surface area contributed by atoms with E-state index < -0.39 is 5.41 Å². The maximum atomic E-state index is 12.7. The lowest BCUT2D eigenvalue weighted by Gasteiger charge is -2.24. The topological polar surface area (TPSA) is 61.4 Å². The molecule has 0 bridgehead atoms. The van der Waals surface area contributed by atoms with Crippen molar-refractivity contribution < 1.29 is 9.59 Å². The fourth-order valence-corrected chi connectivity index (χ4v) is 2.74.